The van der Waals surface area contributed by atoms with Crippen molar-refractivity contribution in [2.45, 2.75) is 13.0 Å². The fourth-order valence-electron chi connectivity index (χ4n) is 2.66. The highest BCUT2D eigenvalue weighted by molar-refractivity contribution is 6.02. The van der Waals surface area contributed by atoms with Crippen LogP contribution in [0.2, 0.25) is 0 Å². The molecule has 3 aromatic rings. The summed E-state index contributed by atoms with van der Waals surface area (Å²) in [6, 6.07) is 20.6. The van der Waals surface area contributed by atoms with Gasteiger partial charge in [0.15, 0.2) is 6.10 Å². The largest absolute Gasteiger partial charge is 0.445 e. The number of ketones is 1. The Morgan fingerprint density at radius 2 is 1.46 bits per heavy atom. The Labute approximate surface area is 161 Å². The van der Waals surface area contributed by atoms with Crippen molar-refractivity contribution in [3.05, 3.63) is 111 Å². The van der Waals surface area contributed by atoms with Gasteiger partial charge in [0.05, 0.1) is 10.5 Å². The molecule has 0 saturated carbocycles. The topological polar surface area (TPSA) is 86.5 Å². The maximum Gasteiger partial charge on any atom is 0.339 e. The number of carbonyl (C=O) groups excluding carboxylic acids is 2. The molecule has 3 rings (SSSR count). The zero-order chi connectivity index (χ0) is 20.1. The number of esters is 1. The molecule has 0 radical (unpaired) electrons. The molecule has 0 spiro atoms. The van der Waals surface area contributed by atoms with E-state index in [1.807, 2.05) is 6.92 Å². The van der Waals surface area contributed by atoms with E-state index in [1.54, 1.807) is 54.6 Å². The summed E-state index contributed by atoms with van der Waals surface area (Å²) < 4.78 is 5.52. The molecule has 0 heterocycles. The summed E-state index contributed by atoms with van der Waals surface area (Å²) in [5.74, 6) is -1.05. The fraction of sp³-hybridized carbons (Fsp3) is 0.0909. The van der Waals surface area contributed by atoms with E-state index in [2.05, 4.69) is 0 Å². The number of aryl methyl sites for hydroxylation is 1. The lowest BCUT2D eigenvalue weighted by Gasteiger charge is -2.17. The van der Waals surface area contributed by atoms with Crippen LogP contribution in [-0.4, -0.2) is 16.7 Å². The van der Waals surface area contributed by atoms with E-state index in [4.69, 9.17) is 4.74 Å². The van der Waals surface area contributed by atoms with E-state index in [1.165, 1.54) is 24.3 Å². The summed E-state index contributed by atoms with van der Waals surface area (Å²) in [6.07, 6.45) is -1.21. The lowest BCUT2D eigenvalue weighted by Crippen LogP contribution is -2.20. The van der Waals surface area contributed by atoms with Gasteiger partial charge in [-0.3, -0.25) is 14.9 Å². The Bertz CT molecular complexity index is 995. The second kappa shape index (κ2) is 8.26. The third kappa shape index (κ3) is 4.29. The van der Waals surface area contributed by atoms with Gasteiger partial charge >= 0.3 is 5.97 Å². The molecule has 0 bridgehead atoms. The zero-order valence-electron chi connectivity index (χ0n) is 15.1. The van der Waals surface area contributed by atoms with Gasteiger partial charge in [-0.2, -0.15) is 0 Å². The summed E-state index contributed by atoms with van der Waals surface area (Å²) in [4.78, 5) is 35.9. The quantitative estimate of drug-likeness (QED) is 0.270. The van der Waals surface area contributed by atoms with Crippen molar-refractivity contribution < 1.29 is 19.2 Å². The molecule has 0 saturated heterocycles. The summed E-state index contributed by atoms with van der Waals surface area (Å²) in [5, 5.41) is 10.9. The first-order valence-electron chi connectivity index (χ1n) is 8.57. The lowest BCUT2D eigenvalue weighted by atomic mass is 9.99. The number of nitrogens with zero attached hydrogens (tertiary/aromatic N) is 1. The van der Waals surface area contributed by atoms with Crippen LogP contribution >= 0.6 is 0 Å². The number of ether oxygens (including phenoxy) is 1. The van der Waals surface area contributed by atoms with Crippen LogP contribution in [0.1, 0.15) is 37.9 Å². The molecule has 1 atom stereocenters. The van der Waals surface area contributed by atoms with E-state index in [0.717, 1.165) is 5.56 Å². The highest BCUT2D eigenvalue weighted by Gasteiger charge is 2.27. The Morgan fingerprint density at radius 1 is 0.857 bits per heavy atom. The van der Waals surface area contributed by atoms with E-state index in [-0.39, 0.29) is 5.69 Å². The van der Waals surface area contributed by atoms with Gasteiger partial charge in [0, 0.05) is 23.3 Å². The minimum absolute atomic E-state index is 0.112. The first-order chi connectivity index (χ1) is 13.5. The summed E-state index contributed by atoms with van der Waals surface area (Å²) in [6.45, 7) is 1.90. The van der Waals surface area contributed by atoms with Crippen molar-refractivity contribution in [3.63, 3.8) is 0 Å². The number of hydrogen-bond donors (Lipinski definition) is 0. The minimum atomic E-state index is -1.21. The van der Waals surface area contributed by atoms with Crippen LogP contribution in [0.5, 0.6) is 0 Å². The van der Waals surface area contributed by atoms with Crippen LogP contribution < -0.4 is 0 Å². The minimum Gasteiger partial charge on any atom is -0.445 e. The smallest absolute Gasteiger partial charge is 0.339 e. The highest BCUT2D eigenvalue weighted by Crippen LogP contribution is 2.26. The maximum atomic E-state index is 13.0. The average Bonchev–Trinajstić information content (AvgIpc) is 2.72. The first kappa shape index (κ1) is 19.0. The van der Waals surface area contributed by atoms with Gasteiger partial charge in [0.25, 0.3) is 5.69 Å². The molecule has 0 aliphatic rings. The van der Waals surface area contributed by atoms with Gasteiger partial charge in [-0.15, -0.1) is 0 Å². The van der Waals surface area contributed by atoms with Gasteiger partial charge < -0.3 is 4.74 Å². The molecule has 6 heteroatoms. The Balaban J connectivity index is 1.94. The van der Waals surface area contributed by atoms with Crippen molar-refractivity contribution in [1.29, 1.82) is 0 Å². The Hall–Kier alpha value is -3.80. The summed E-state index contributed by atoms with van der Waals surface area (Å²) >= 11 is 0. The monoisotopic (exact) mass is 375 g/mol. The molecule has 0 aliphatic heterocycles. The average molecular weight is 375 g/mol. The Morgan fingerprint density at radius 3 is 2.04 bits per heavy atom. The molecule has 0 N–H and O–H groups in total. The standard InChI is InChI=1S/C22H17NO5/c1-15-7-9-18(10-8-15)22(25)28-21(20(24)16-5-3-2-4-6-16)17-11-13-19(14-12-17)23(26)27/h2-14,21H,1H3/t21-/m1/s1. The van der Waals surface area contributed by atoms with Crippen LogP contribution in [0.4, 0.5) is 5.69 Å². The van der Waals surface area contributed by atoms with Crippen LogP contribution in [0, 0.1) is 17.0 Å². The maximum absolute atomic E-state index is 13.0. The van der Waals surface area contributed by atoms with Gasteiger partial charge in [0.1, 0.15) is 0 Å². The number of carbonyl (C=O) groups is 2. The van der Waals surface area contributed by atoms with E-state index >= 15 is 0 Å². The number of Topliss-reactive ketones (excluding diaryl/α,β-unsaturated/α-hetero) is 1. The Kier molecular flexibility index (Phi) is 5.60. The molecular weight excluding hydrogens is 358 g/mol. The third-order valence-corrected chi connectivity index (χ3v) is 4.22. The van der Waals surface area contributed by atoms with Crippen molar-refractivity contribution in [2.75, 3.05) is 0 Å². The molecule has 140 valence electrons. The number of rotatable bonds is 6. The number of nitro benzene ring substituents is 1. The second-order valence-electron chi connectivity index (χ2n) is 6.23. The predicted molar refractivity (Wildman–Crippen MR) is 103 cm³/mol. The fourth-order valence-corrected chi connectivity index (χ4v) is 2.66. The van der Waals surface area contributed by atoms with E-state index in [9.17, 15) is 19.7 Å². The molecule has 0 unspecified atom stereocenters. The van der Waals surface area contributed by atoms with E-state index in [0.29, 0.717) is 16.7 Å². The highest BCUT2D eigenvalue weighted by atomic mass is 16.6. The van der Waals surface area contributed by atoms with Crippen molar-refractivity contribution >= 4 is 17.4 Å². The zero-order valence-corrected chi connectivity index (χ0v) is 15.1. The second-order valence-corrected chi connectivity index (χ2v) is 6.23. The third-order valence-electron chi connectivity index (χ3n) is 4.22. The summed E-state index contributed by atoms with van der Waals surface area (Å²) in [5.41, 5.74) is 1.93. The molecule has 28 heavy (non-hydrogen) atoms. The van der Waals surface area contributed by atoms with Gasteiger partial charge in [0.2, 0.25) is 5.78 Å². The molecule has 0 amide bonds. The van der Waals surface area contributed by atoms with Gasteiger partial charge in [-0.25, -0.2) is 4.79 Å². The van der Waals surface area contributed by atoms with Crippen LogP contribution in [0.15, 0.2) is 78.9 Å². The van der Waals surface area contributed by atoms with Gasteiger partial charge in [-0.05, 0) is 31.2 Å². The van der Waals surface area contributed by atoms with Crippen LogP contribution in [-0.2, 0) is 4.74 Å². The number of hydrogen-bond acceptors (Lipinski definition) is 5. The predicted octanol–water partition coefficient (Wildman–Crippen LogP) is 4.68. The van der Waals surface area contributed by atoms with E-state index < -0.39 is 22.8 Å². The van der Waals surface area contributed by atoms with Crippen molar-refractivity contribution in [2.24, 2.45) is 0 Å². The van der Waals surface area contributed by atoms with Crippen LogP contribution in [0.25, 0.3) is 0 Å². The number of nitro groups is 1. The molecule has 6 nitrogen and oxygen atoms in total. The lowest BCUT2D eigenvalue weighted by molar-refractivity contribution is -0.384. The van der Waals surface area contributed by atoms with Crippen LogP contribution in [0.3, 0.4) is 0 Å². The molecule has 0 aromatic heterocycles. The normalized spacial score (nSPS) is 11.5. The molecule has 0 fully saturated rings. The molecular formula is C22H17NO5. The number of benzene rings is 3. The SMILES string of the molecule is Cc1ccc(C(=O)O[C@@H](C(=O)c2ccccc2)c2ccc([N+](=O)[O-])cc2)cc1. The first-order valence-corrected chi connectivity index (χ1v) is 8.57. The van der Waals surface area contributed by atoms with Gasteiger partial charge in [-0.1, -0.05) is 48.0 Å². The molecule has 3 aromatic carbocycles. The van der Waals surface area contributed by atoms with Crippen molar-refractivity contribution in [1.82, 2.24) is 0 Å². The summed E-state index contributed by atoms with van der Waals surface area (Å²) in [7, 11) is 0. The number of non-ortho nitro benzene ring substituents is 1. The molecule has 0 aliphatic carbocycles. The van der Waals surface area contributed by atoms with Crippen molar-refractivity contribution in [3.8, 4) is 0 Å².